The van der Waals surface area contributed by atoms with Gasteiger partial charge in [0, 0.05) is 23.7 Å². The van der Waals surface area contributed by atoms with Crippen LogP contribution in [0.15, 0.2) is 79.0 Å². The van der Waals surface area contributed by atoms with E-state index < -0.39 is 0 Å². The van der Waals surface area contributed by atoms with Crippen molar-refractivity contribution in [1.82, 2.24) is 9.97 Å². The lowest BCUT2D eigenvalue weighted by atomic mass is 10.0. The molecule has 0 unspecified atom stereocenters. The van der Waals surface area contributed by atoms with Gasteiger partial charge in [-0.25, -0.2) is 4.98 Å². The zero-order chi connectivity index (χ0) is 22.1. The smallest absolute Gasteiger partial charge is 0.148 e. The molecule has 0 amide bonds. The number of aromatic nitrogens is 2. The summed E-state index contributed by atoms with van der Waals surface area (Å²) in [6, 6.07) is 21.1. The molecule has 0 aliphatic carbocycles. The molecular weight excluding hydrogens is 378 g/mol. The van der Waals surface area contributed by atoms with Crippen molar-refractivity contribution in [2.45, 2.75) is 58.9 Å². The Morgan fingerprint density at radius 2 is 1.42 bits per heavy atom. The molecule has 0 radical (unpaired) electrons. The molecule has 1 heterocycles. The quantitative estimate of drug-likeness (QED) is 0.240. The van der Waals surface area contributed by atoms with Crippen LogP contribution in [0.2, 0.25) is 0 Å². The lowest BCUT2D eigenvalue weighted by Crippen LogP contribution is -2.32. The second-order valence-electron chi connectivity index (χ2n) is 8.57. The van der Waals surface area contributed by atoms with E-state index in [9.17, 15) is 0 Å². The second-order valence-corrected chi connectivity index (χ2v) is 8.57. The second kappa shape index (κ2) is 11.5. The number of anilines is 1. The molecule has 3 rings (SSSR count). The SMILES string of the molecule is C=C(C)CCCCCCN(c1cnc(-c2ccccc2)c(-c2ccccc2)n1)C(C)C. The van der Waals surface area contributed by atoms with Crippen molar-refractivity contribution < 1.29 is 0 Å². The summed E-state index contributed by atoms with van der Waals surface area (Å²) in [5.41, 5.74) is 5.34. The first-order valence-electron chi connectivity index (χ1n) is 11.4. The fourth-order valence-electron chi connectivity index (χ4n) is 3.82. The van der Waals surface area contributed by atoms with Crippen LogP contribution in [0.4, 0.5) is 5.82 Å². The Labute approximate surface area is 187 Å². The van der Waals surface area contributed by atoms with Crippen LogP contribution in [0.25, 0.3) is 22.5 Å². The van der Waals surface area contributed by atoms with Crippen LogP contribution in [0.5, 0.6) is 0 Å². The average Bonchev–Trinajstić information content (AvgIpc) is 2.79. The third-order valence-corrected chi connectivity index (χ3v) is 5.52. The maximum Gasteiger partial charge on any atom is 0.148 e. The Morgan fingerprint density at radius 3 is 2.00 bits per heavy atom. The van der Waals surface area contributed by atoms with Crippen LogP contribution in [0, 0.1) is 0 Å². The molecule has 2 aromatic carbocycles. The molecule has 0 fully saturated rings. The van der Waals surface area contributed by atoms with Gasteiger partial charge < -0.3 is 4.90 Å². The van der Waals surface area contributed by atoms with Crippen LogP contribution in [-0.2, 0) is 0 Å². The van der Waals surface area contributed by atoms with Crippen LogP contribution in [0.1, 0.15) is 52.9 Å². The Balaban J connectivity index is 1.83. The Kier molecular flexibility index (Phi) is 8.40. The molecule has 0 saturated heterocycles. The van der Waals surface area contributed by atoms with Gasteiger partial charge in [-0.15, -0.1) is 6.58 Å². The molecule has 0 saturated carbocycles. The van der Waals surface area contributed by atoms with Gasteiger partial charge in [0.1, 0.15) is 5.82 Å². The number of unbranched alkanes of at least 4 members (excludes halogenated alkanes) is 3. The van der Waals surface area contributed by atoms with Gasteiger partial charge in [0.05, 0.1) is 17.6 Å². The third-order valence-electron chi connectivity index (χ3n) is 5.52. The normalized spacial score (nSPS) is 11.0. The van der Waals surface area contributed by atoms with E-state index in [1.165, 1.54) is 24.8 Å². The number of benzene rings is 2. The summed E-state index contributed by atoms with van der Waals surface area (Å²) in [5, 5.41) is 0. The van der Waals surface area contributed by atoms with Crippen molar-refractivity contribution in [1.29, 1.82) is 0 Å². The lowest BCUT2D eigenvalue weighted by molar-refractivity contribution is 0.593. The van der Waals surface area contributed by atoms with E-state index in [2.05, 4.69) is 68.6 Å². The summed E-state index contributed by atoms with van der Waals surface area (Å²) in [5.74, 6) is 0.954. The minimum absolute atomic E-state index is 0.371. The molecule has 1 aromatic heterocycles. The fraction of sp³-hybridized carbons (Fsp3) is 0.357. The molecule has 0 aliphatic heterocycles. The molecule has 0 atom stereocenters. The van der Waals surface area contributed by atoms with E-state index in [1.807, 2.05) is 30.5 Å². The van der Waals surface area contributed by atoms with Crippen LogP contribution in [0.3, 0.4) is 0 Å². The molecule has 162 valence electrons. The van der Waals surface area contributed by atoms with Crippen LogP contribution >= 0.6 is 0 Å². The van der Waals surface area contributed by atoms with Gasteiger partial charge in [-0.3, -0.25) is 4.98 Å². The van der Waals surface area contributed by atoms with Crippen molar-refractivity contribution in [2.24, 2.45) is 0 Å². The van der Waals surface area contributed by atoms with E-state index in [4.69, 9.17) is 9.97 Å². The zero-order valence-electron chi connectivity index (χ0n) is 19.2. The molecule has 3 heteroatoms. The summed E-state index contributed by atoms with van der Waals surface area (Å²) < 4.78 is 0. The van der Waals surface area contributed by atoms with Gasteiger partial charge in [-0.1, -0.05) is 79.1 Å². The third kappa shape index (κ3) is 6.52. The van der Waals surface area contributed by atoms with E-state index in [0.29, 0.717) is 6.04 Å². The molecule has 31 heavy (non-hydrogen) atoms. The summed E-state index contributed by atoms with van der Waals surface area (Å²) in [7, 11) is 0. The molecule has 0 aliphatic rings. The Hall–Kier alpha value is -2.94. The molecular formula is C28H35N3. The minimum Gasteiger partial charge on any atom is -0.353 e. The van der Waals surface area contributed by atoms with Crippen LogP contribution < -0.4 is 4.90 Å². The minimum atomic E-state index is 0.371. The fourth-order valence-corrected chi connectivity index (χ4v) is 3.82. The first kappa shape index (κ1) is 22.7. The molecule has 3 nitrogen and oxygen atoms in total. The topological polar surface area (TPSA) is 29.0 Å². The van der Waals surface area contributed by atoms with Gasteiger partial charge in [-0.2, -0.15) is 0 Å². The number of hydrogen-bond acceptors (Lipinski definition) is 3. The monoisotopic (exact) mass is 413 g/mol. The van der Waals surface area contributed by atoms with Gasteiger partial charge in [0.2, 0.25) is 0 Å². The predicted octanol–water partition coefficient (Wildman–Crippen LogP) is 7.55. The van der Waals surface area contributed by atoms with Gasteiger partial charge >= 0.3 is 0 Å². The van der Waals surface area contributed by atoms with Crippen molar-refractivity contribution in [3.63, 3.8) is 0 Å². The highest BCUT2D eigenvalue weighted by atomic mass is 15.2. The molecule has 0 spiro atoms. The molecule has 0 N–H and O–H groups in total. The molecule has 0 bridgehead atoms. The average molecular weight is 414 g/mol. The van der Waals surface area contributed by atoms with Gasteiger partial charge in [0.15, 0.2) is 0 Å². The number of allylic oxidation sites excluding steroid dienone is 1. The maximum absolute atomic E-state index is 5.13. The Morgan fingerprint density at radius 1 is 0.839 bits per heavy atom. The first-order valence-corrected chi connectivity index (χ1v) is 11.4. The molecule has 3 aromatic rings. The highest BCUT2D eigenvalue weighted by Gasteiger charge is 2.17. The summed E-state index contributed by atoms with van der Waals surface area (Å²) in [4.78, 5) is 12.4. The summed E-state index contributed by atoms with van der Waals surface area (Å²) in [6.07, 6.45) is 7.97. The Bertz CT molecular complexity index is 949. The van der Waals surface area contributed by atoms with Crippen molar-refractivity contribution >= 4 is 5.82 Å². The summed E-state index contributed by atoms with van der Waals surface area (Å²) >= 11 is 0. The van der Waals surface area contributed by atoms with E-state index in [0.717, 1.165) is 47.7 Å². The number of nitrogens with zero attached hydrogens (tertiary/aromatic N) is 3. The number of rotatable bonds is 11. The lowest BCUT2D eigenvalue weighted by Gasteiger charge is -2.28. The highest BCUT2D eigenvalue weighted by molar-refractivity contribution is 5.78. The van der Waals surface area contributed by atoms with Crippen molar-refractivity contribution in [3.8, 4) is 22.5 Å². The van der Waals surface area contributed by atoms with E-state index >= 15 is 0 Å². The van der Waals surface area contributed by atoms with Gasteiger partial charge in [-0.05, 0) is 40.0 Å². The highest BCUT2D eigenvalue weighted by Crippen LogP contribution is 2.31. The predicted molar refractivity (Wildman–Crippen MR) is 133 cm³/mol. The standard InChI is InChI=1S/C28H35N3/c1-22(2)15-9-5-6-14-20-31(23(3)4)26-21-29-27(24-16-10-7-11-17-24)28(30-26)25-18-12-8-13-19-25/h7-8,10-13,16-19,21,23H,1,5-6,9,14-15,20H2,2-4H3. The van der Waals surface area contributed by atoms with Crippen molar-refractivity contribution in [2.75, 3.05) is 11.4 Å². The van der Waals surface area contributed by atoms with E-state index in [-0.39, 0.29) is 0 Å². The van der Waals surface area contributed by atoms with Crippen molar-refractivity contribution in [3.05, 3.63) is 79.0 Å². The largest absolute Gasteiger partial charge is 0.353 e. The van der Waals surface area contributed by atoms with Gasteiger partial charge in [0.25, 0.3) is 0 Å². The van der Waals surface area contributed by atoms with E-state index in [1.54, 1.807) is 0 Å². The van der Waals surface area contributed by atoms with Crippen LogP contribution in [-0.4, -0.2) is 22.6 Å². The zero-order valence-corrected chi connectivity index (χ0v) is 19.2. The first-order chi connectivity index (χ1) is 15.1. The number of hydrogen-bond donors (Lipinski definition) is 0. The maximum atomic E-state index is 5.13. The summed E-state index contributed by atoms with van der Waals surface area (Å²) in [6.45, 7) is 11.6.